The van der Waals surface area contributed by atoms with Crippen molar-refractivity contribution in [2.24, 2.45) is 0 Å². The van der Waals surface area contributed by atoms with Crippen LogP contribution in [0.5, 0.6) is 5.75 Å². The van der Waals surface area contributed by atoms with Crippen LogP contribution in [0.2, 0.25) is 0 Å². The van der Waals surface area contributed by atoms with E-state index in [1.165, 1.54) is 41.3 Å². The molecule has 0 spiro atoms. The number of halogens is 1. The van der Waals surface area contributed by atoms with E-state index in [1.807, 2.05) is 34.6 Å². The molecule has 0 saturated heterocycles. The predicted molar refractivity (Wildman–Crippen MR) is 158 cm³/mol. The fourth-order valence-electron chi connectivity index (χ4n) is 4.08. The van der Waals surface area contributed by atoms with E-state index in [2.05, 4.69) is 5.32 Å². The van der Waals surface area contributed by atoms with Gasteiger partial charge < -0.3 is 15.0 Å². The van der Waals surface area contributed by atoms with Gasteiger partial charge in [-0.25, -0.2) is 12.8 Å². The van der Waals surface area contributed by atoms with Crippen LogP contribution in [-0.2, 0) is 26.2 Å². The molecule has 2 amide bonds. The number of amides is 2. The van der Waals surface area contributed by atoms with Crippen LogP contribution in [0, 0.1) is 12.7 Å². The predicted octanol–water partition coefficient (Wildman–Crippen LogP) is 5.06. The average molecular weight is 584 g/mol. The number of aryl methyl sites for hydroxylation is 1. The quantitative estimate of drug-likeness (QED) is 0.341. The summed E-state index contributed by atoms with van der Waals surface area (Å²) < 4.78 is 47.9. The van der Waals surface area contributed by atoms with E-state index >= 15 is 0 Å². The number of nitrogens with one attached hydrogen (secondary N) is 1. The zero-order valence-electron chi connectivity index (χ0n) is 24.3. The molecule has 0 aliphatic carbocycles. The topological polar surface area (TPSA) is 96.0 Å². The van der Waals surface area contributed by atoms with Crippen LogP contribution in [0.1, 0.15) is 45.7 Å². The molecule has 3 aromatic rings. The molecule has 1 N–H and O–H groups in total. The minimum Gasteiger partial charge on any atom is -0.494 e. The Kier molecular flexibility index (Phi) is 10.1. The Hall–Kier alpha value is -3.92. The summed E-state index contributed by atoms with van der Waals surface area (Å²) in [5.41, 5.74) is 1.25. The van der Waals surface area contributed by atoms with Crippen LogP contribution in [0.3, 0.4) is 0 Å². The Morgan fingerprint density at radius 2 is 1.54 bits per heavy atom. The number of benzene rings is 3. The third kappa shape index (κ3) is 8.53. The van der Waals surface area contributed by atoms with Crippen molar-refractivity contribution in [3.8, 4) is 5.75 Å². The van der Waals surface area contributed by atoms with Gasteiger partial charge in [-0.3, -0.25) is 13.9 Å². The van der Waals surface area contributed by atoms with Crippen LogP contribution >= 0.6 is 0 Å². The van der Waals surface area contributed by atoms with Crippen LogP contribution < -0.4 is 14.4 Å². The van der Waals surface area contributed by atoms with Gasteiger partial charge in [0.2, 0.25) is 11.8 Å². The molecule has 3 rings (SSSR count). The molecular formula is C31H38FN3O5S. The third-order valence-electron chi connectivity index (χ3n) is 6.26. The minimum absolute atomic E-state index is 0.0158. The van der Waals surface area contributed by atoms with E-state index in [0.717, 1.165) is 9.87 Å². The maximum absolute atomic E-state index is 13.9. The number of anilines is 1. The number of nitrogens with zero attached hydrogens (tertiary/aromatic N) is 2. The number of carbonyl (C=O) groups is 2. The Labute approximate surface area is 242 Å². The number of hydrogen-bond donors (Lipinski definition) is 1. The summed E-state index contributed by atoms with van der Waals surface area (Å²) >= 11 is 0. The first-order valence-corrected chi connectivity index (χ1v) is 14.8. The first-order chi connectivity index (χ1) is 19.2. The van der Waals surface area contributed by atoms with Crippen molar-refractivity contribution >= 4 is 27.5 Å². The summed E-state index contributed by atoms with van der Waals surface area (Å²) in [5.74, 6) is -0.907. The van der Waals surface area contributed by atoms with Gasteiger partial charge in [0, 0.05) is 12.1 Å². The molecule has 0 bridgehead atoms. The maximum Gasteiger partial charge on any atom is 0.264 e. The van der Waals surface area contributed by atoms with Crippen molar-refractivity contribution in [3.63, 3.8) is 0 Å². The molecule has 0 aromatic heterocycles. The van der Waals surface area contributed by atoms with Crippen molar-refractivity contribution in [1.82, 2.24) is 10.2 Å². The molecule has 0 saturated carbocycles. The average Bonchev–Trinajstić information content (AvgIpc) is 2.91. The van der Waals surface area contributed by atoms with Crippen molar-refractivity contribution < 1.29 is 27.1 Å². The van der Waals surface area contributed by atoms with Gasteiger partial charge in [-0.15, -0.1) is 0 Å². The summed E-state index contributed by atoms with van der Waals surface area (Å²) in [7, 11) is -4.20. The highest BCUT2D eigenvalue weighted by molar-refractivity contribution is 7.92. The number of carbonyl (C=O) groups excluding carboxylic acids is 2. The summed E-state index contributed by atoms with van der Waals surface area (Å²) in [6, 6.07) is 17.4. The van der Waals surface area contributed by atoms with Gasteiger partial charge in [-0.1, -0.05) is 29.8 Å². The highest BCUT2D eigenvalue weighted by Crippen LogP contribution is 2.26. The monoisotopic (exact) mass is 583 g/mol. The SMILES string of the molecule is CCOc1ccc(S(=O)(=O)N(CC(=O)N(Cc2ccc(F)cc2)[C@H](C)C(=O)NC(C)(C)C)c2ccc(C)cc2)cc1. The summed E-state index contributed by atoms with van der Waals surface area (Å²) in [6.45, 7) is 10.6. The molecule has 0 radical (unpaired) electrons. The Morgan fingerprint density at radius 1 is 0.951 bits per heavy atom. The van der Waals surface area contributed by atoms with E-state index in [0.29, 0.717) is 23.6 Å². The largest absolute Gasteiger partial charge is 0.494 e. The molecular weight excluding hydrogens is 545 g/mol. The lowest BCUT2D eigenvalue weighted by molar-refractivity contribution is -0.140. The Balaban J connectivity index is 2.02. The Morgan fingerprint density at radius 3 is 2.07 bits per heavy atom. The molecule has 41 heavy (non-hydrogen) atoms. The van der Waals surface area contributed by atoms with Crippen molar-refractivity contribution in [1.29, 1.82) is 0 Å². The second-order valence-corrected chi connectivity index (χ2v) is 12.7. The molecule has 0 fully saturated rings. The number of rotatable bonds is 11. The molecule has 1 atom stereocenters. The molecule has 0 aliphatic heterocycles. The minimum atomic E-state index is -4.20. The first-order valence-electron chi connectivity index (χ1n) is 13.4. The smallest absolute Gasteiger partial charge is 0.264 e. The van der Waals surface area contributed by atoms with Gasteiger partial charge in [-0.05, 0) is 95.6 Å². The van der Waals surface area contributed by atoms with Gasteiger partial charge in [-0.2, -0.15) is 0 Å². The van der Waals surface area contributed by atoms with Crippen LogP contribution in [0.25, 0.3) is 0 Å². The molecule has 8 nitrogen and oxygen atoms in total. The highest BCUT2D eigenvalue weighted by Gasteiger charge is 2.33. The van der Waals surface area contributed by atoms with Crippen LogP contribution in [0.4, 0.5) is 10.1 Å². The zero-order chi connectivity index (χ0) is 30.4. The lowest BCUT2D eigenvalue weighted by atomic mass is 10.1. The van der Waals surface area contributed by atoms with Gasteiger partial charge in [0.25, 0.3) is 10.0 Å². The zero-order valence-corrected chi connectivity index (χ0v) is 25.2. The lowest BCUT2D eigenvalue weighted by Gasteiger charge is -2.33. The van der Waals surface area contributed by atoms with Crippen molar-refractivity contribution in [2.45, 2.75) is 64.6 Å². The van der Waals surface area contributed by atoms with Gasteiger partial charge in [0.15, 0.2) is 0 Å². The normalized spacial score (nSPS) is 12.4. The third-order valence-corrected chi connectivity index (χ3v) is 8.04. The maximum atomic E-state index is 13.9. The van der Waals surface area contributed by atoms with E-state index < -0.39 is 45.8 Å². The van der Waals surface area contributed by atoms with Crippen molar-refractivity contribution in [3.05, 3.63) is 89.7 Å². The second-order valence-electron chi connectivity index (χ2n) is 10.8. The molecule has 220 valence electrons. The molecule has 3 aromatic carbocycles. The second kappa shape index (κ2) is 13.2. The van der Waals surface area contributed by atoms with E-state index in [9.17, 15) is 22.4 Å². The number of ether oxygens (including phenoxy) is 1. The first kappa shape index (κ1) is 31.6. The molecule has 0 heterocycles. The summed E-state index contributed by atoms with van der Waals surface area (Å²) in [4.78, 5) is 28.4. The standard InChI is InChI=1S/C31H38FN3O5S/c1-7-40-27-16-18-28(19-17-27)41(38,39)35(26-14-8-22(2)9-15-26)21-29(36)34(20-24-10-12-25(32)13-11-24)23(3)30(37)33-31(4,5)6/h8-19,23H,7,20-21H2,1-6H3,(H,33,37)/t23-/m1/s1. The van der Waals surface area contributed by atoms with Crippen LogP contribution in [-0.4, -0.2) is 49.9 Å². The van der Waals surface area contributed by atoms with Gasteiger partial charge in [0.1, 0.15) is 24.2 Å². The number of hydrogen-bond acceptors (Lipinski definition) is 5. The summed E-state index contributed by atoms with van der Waals surface area (Å²) in [6.07, 6.45) is 0. The van der Waals surface area contributed by atoms with E-state index in [4.69, 9.17) is 4.74 Å². The Bertz CT molecular complexity index is 1440. The summed E-state index contributed by atoms with van der Waals surface area (Å²) in [5, 5.41) is 2.88. The highest BCUT2D eigenvalue weighted by atomic mass is 32.2. The van der Waals surface area contributed by atoms with Crippen LogP contribution in [0.15, 0.2) is 77.7 Å². The molecule has 0 aliphatic rings. The van der Waals surface area contributed by atoms with Gasteiger partial charge >= 0.3 is 0 Å². The van der Waals surface area contributed by atoms with Crippen molar-refractivity contribution in [2.75, 3.05) is 17.5 Å². The lowest BCUT2D eigenvalue weighted by Crippen LogP contribution is -2.54. The van der Waals surface area contributed by atoms with E-state index in [-0.39, 0.29) is 11.4 Å². The fraction of sp³-hybridized carbons (Fsp3) is 0.355. The van der Waals surface area contributed by atoms with E-state index in [1.54, 1.807) is 43.3 Å². The number of sulfonamides is 1. The fourth-order valence-corrected chi connectivity index (χ4v) is 5.50. The van der Waals surface area contributed by atoms with Gasteiger partial charge in [0.05, 0.1) is 17.2 Å². The molecule has 10 heteroatoms. The molecule has 0 unspecified atom stereocenters.